The number of H-pyrrole nitrogens is 1. The molecule has 86 valence electrons. The van der Waals surface area contributed by atoms with Gasteiger partial charge in [0.05, 0.1) is 0 Å². The summed E-state index contributed by atoms with van der Waals surface area (Å²) in [5.74, 6) is 1.18. The number of hydrogen-bond donors (Lipinski definition) is 3. The molecule has 0 spiro atoms. The molecule has 2 aromatic rings. The highest BCUT2D eigenvalue weighted by molar-refractivity contribution is 5.44. The van der Waals surface area contributed by atoms with Gasteiger partial charge in [0.15, 0.2) is 0 Å². The molecule has 0 bridgehead atoms. The van der Waals surface area contributed by atoms with E-state index in [0.717, 1.165) is 0 Å². The lowest BCUT2D eigenvalue weighted by Gasteiger charge is -2.06. The van der Waals surface area contributed by atoms with Crippen LogP contribution in [-0.2, 0) is 0 Å². The van der Waals surface area contributed by atoms with Gasteiger partial charge < -0.3 is 10.6 Å². The zero-order chi connectivity index (χ0) is 11.5. The number of hydrogen-bond acceptors (Lipinski definition) is 6. The van der Waals surface area contributed by atoms with E-state index in [0.29, 0.717) is 30.8 Å². The van der Waals surface area contributed by atoms with Crippen molar-refractivity contribution >= 4 is 17.7 Å². The van der Waals surface area contributed by atoms with Crippen molar-refractivity contribution in [2.45, 2.75) is 13.8 Å². The van der Waals surface area contributed by atoms with Crippen molar-refractivity contribution in [2.75, 3.05) is 23.7 Å². The predicted molar refractivity (Wildman–Crippen MR) is 59.7 cm³/mol. The van der Waals surface area contributed by atoms with Gasteiger partial charge in [0.2, 0.25) is 11.9 Å². The first-order valence-electron chi connectivity index (χ1n) is 5.09. The molecule has 0 atom stereocenters. The summed E-state index contributed by atoms with van der Waals surface area (Å²) in [5, 5.41) is 12.1. The maximum atomic E-state index is 11.4. The molecule has 0 saturated carbocycles. The van der Waals surface area contributed by atoms with Crippen molar-refractivity contribution in [1.29, 1.82) is 0 Å². The number of aromatic nitrogens is 5. The Morgan fingerprint density at radius 2 is 2.00 bits per heavy atom. The predicted octanol–water partition coefficient (Wildman–Crippen LogP) is -0.324. The quantitative estimate of drug-likeness (QED) is 0.656. The summed E-state index contributed by atoms with van der Waals surface area (Å²) in [6.45, 7) is 5.23. The second-order valence-corrected chi connectivity index (χ2v) is 3.10. The Bertz CT molecular complexity index is 543. The molecule has 8 nitrogen and oxygen atoms in total. The normalized spacial score (nSPS) is 10.6. The van der Waals surface area contributed by atoms with E-state index in [9.17, 15) is 4.79 Å². The summed E-state index contributed by atoms with van der Waals surface area (Å²) >= 11 is 0. The number of aromatic amines is 1. The average molecular weight is 223 g/mol. The van der Waals surface area contributed by atoms with Gasteiger partial charge in [-0.2, -0.15) is 14.4 Å². The maximum Gasteiger partial charge on any atom is 0.351 e. The molecular weight excluding hydrogens is 210 g/mol. The van der Waals surface area contributed by atoms with E-state index in [-0.39, 0.29) is 5.69 Å². The van der Waals surface area contributed by atoms with Crippen molar-refractivity contribution in [3.8, 4) is 0 Å². The average Bonchev–Trinajstić information content (AvgIpc) is 2.61. The molecule has 0 radical (unpaired) electrons. The van der Waals surface area contributed by atoms with Gasteiger partial charge in [-0.1, -0.05) is 0 Å². The summed E-state index contributed by atoms with van der Waals surface area (Å²) in [4.78, 5) is 19.7. The van der Waals surface area contributed by atoms with Crippen molar-refractivity contribution < 1.29 is 0 Å². The van der Waals surface area contributed by atoms with Crippen LogP contribution in [0.4, 0.5) is 11.9 Å². The van der Waals surface area contributed by atoms with Crippen LogP contribution in [0.5, 0.6) is 0 Å². The van der Waals surface area contributed by atoms with Gasteiger partial charge >= 0.3 is 5.69 Å². The summed E-state index contributed by atoms with van der Waals surface area (Å²) in [7, 11) is 0. The van der Waals surface area contributed by atoms with Crippen LogP contribution in [0.25, 0.3) is 5.78 Å². The molecule has 3 N–H and O–H groups in total. The van der Waals surface area contributed by atoms with Crippen LogP contribution >= 0.6 is 0 Å². The molecule has 0 aliphatic rings. The van der Waals surface area contributed by atoms with Gasteiger partial charge in [-0.3, -0.25) is 0 Å². The van der Waals surface area contributed by atoms with Crippen molar-refractivity contribution in [3.05, 3.63) is 10.5 Å². The lowest BCUT2D eigenvalue weighted by Crippen LogP contribution is -2.18. The summed E-state index contributed by atoms with van der Waals surface area (Å²) in [6, 6.07) is 0. The highest BCUT2D eigenvalue weighted by Gasteiger charge is 2.10. The van der Waals surface area contributed by atoms with E-state index in [1.54, 1.807) is 0 Å². The van der Waals surface area contributed by atoms with Crippen LogP contribution in [-0.4, -0.2) is 37.7 Å². The minimum absolute atomic E-state index is 0.298. The Hall–Kier alpha value is -2.12. The number of nitrogens with zero attached hydrogens (tertiary/aromatic N) is 4. The molecule has 0 amide bonds. The molecule has 0 unspecified atom stereocenters. The van der Waals surface area contributed by atoms with Crippen LogP contribution in [0, 0.1) is 0 Å². The van der Waals surface area contributed by atoms with Crippen molar-refractivity contribution in [1.82, 2.24) is 24.6 Å². The van der Waals surface area contributed by atoms with E-state index in [1.807, 2.05) is 13.8 Å². The standard InChI is InChI=1S/C8H13N7O/c1-3-9-5-11-6(10-4-2)15-7(12-5)13-14-8(15)16/h3-4H2,1-2H3,(H,14,16)(H2,9,10,11,12,13). The van der Waals surface area contributed by atoms with Gasteiger partial charge in [-0.25, -0.2) is 9.89 Å². The molecule has 16 heavy (non-hydrogen) atoms. The Kier molecular flexibility index (Phi) is 2.71. The van der Waals surface area contributed by atoms with Crippen molar-refractivity contribution in [3.63, 3.8) is 0 Å². The minimum Gasteiger partial charge on any atom is -0.355 e. The number of rotatable bonds is 4. The van der Waals surface area contributed by atoms with E-state index < -0.39 is 0 Å². The SMILES string of the molecule is CCNc1nc(NCC)n2c(=O)[nH]nc2n1. The molecule has 0 fully saturated rings. The number of nitrogens with one attached hydrogen (secondary N) is 3. The fourth-order valence-corrected chi connectivity index (χ4v) is 1.34. The molecule has 8 heteroatoms. The summed E-state index contributed by atoms with van der Waals surface area (Å²) < 4.78 is 1.30. The Labute approximate surface area is 91.1 Å². The maximum absolute atomic E-state index is 11.4. The third-order valence-corrected chi connectivity index (χ3v) is 1.95. The highest BCUT2D eigenvalue weighted by atomic mass is 16.1. The molecule has 2 heterocycles. The zero-order valence-corrected chi connectivity index (χ0v) is 9.11. The van der Waals surface area contributed by atoms with Gasteiger partial charge in [0.1, 0.15) is 0 Å². The first-order chi connectivity index (χ1) is 7.76. The summed E-state index contributed by atoms with van der Waals surface area (Å²) in [6.07, 6.45) is 0. The zero-order valence-electron chi connectivity index (χ0n) is 9.11. The largest absolute Gasteiger partial charge is 0.355 e. The lowest BCUT2D eigenvalue weighted by atomic mass is 10.7. The molecule has 0 aliphatic carbocycles. The molecular formula is C8H13N7O. The molecule has 0 aromatic carbocycles. The Balaban J connectivity index is 2.61. The Morgan fingerprint density at radius 3 is 2.69 bits per heavy atom. The first kappa shape index (κ1) is 10.4. The monoisotopic (exact) mass is 223 g/mol. The summed E-state index contributed by atoms with van der Waals surface area (Å²) in [5.41, 5.74) is -0.353. The fourth-order valence-electron chi connectivity index (χ4n) is 1.34. The van der Waals surface area contributed by atoms with Crippen LogP contribution < -0.4 is 16.3 Å². The second kappa shape index (κ2) is 4.17. The van der Waals surface area contributed by atoms with Gasteiger partial charge in [-0.05, 0) is 13.8 Å². The number of fused-ring (bicyclic) bond motifs is 1. The van der Waals surface area contributed by atoms with Crippen LogP contribution in [0.2, 0.25) is 0 Å². The second-order valence-electron chi connectivity index (χ2n) is 3.10. The Morgan fingerprint density at radius 1 is 1.25 bits per heavy atom. The third kappa shape index (κ3) is 1.69. The van der Waals surface area contributed by atoms with Crippen LogP contribution in [0.15, 0.2) is 4.79 Å². The molecule has 2 rings (SSSR count). The van der Waals surface area contributed by atoms with Crippen molar-refractivity contribution in [2.24, 2.45) is 0 Å². The first-order valence-corrected chi connectivity index (χ1v) is 5.09. The minimum atomic E-state index is -0.353. The third-order valence-electron chi connectivity index (χ3n) is 1.95. The van der Waals surface area contributed by atoms with Gasteiger partial charge in [-0.15, -0.1) is 5.10 Å². The molecule has 0 aliphatic heterocycles. The van der Waals surface area contributed by atoms with E-state index in [2.05, 4.69) is 30.8 Å². The van der Waals surface area contributed by atoms with Gasteiger partial charge in [0, 0.05) is 13.1 Å². The van der Waals surface area contributed by atoms with E-state index in [4.69, 9.17) is 0 Å². The highest BCUT2D eigenvalue weighted by Crippen LogP contribution is 2.07. The van der Waals surface area contributed by atoms with E-state index in [1.165, 1.54) is 4.40 Å². The fraction of sp³-hybridized carbons (Fsp3) is 0.500. The van der Waals surface area contributed by atoms with Gasteiger partial charge in [0.25, 0.3) is 5.78 Å². The molecule has 2 aromatic heterocycles. The molecule has 0 saturated heterocycles. The lowest BCUT2D eigenvalue weighted by molar-refractivity contribution is 0.951. The van der Waals surface area contributed by atoms with Crippen LogP contribution in [0.1, 0.15) is 13.8 Å². The van der Waals surface area contributed by atoms with Crippen LogP contribution in [0.3, 0.4) is 0 Å². The number of anilines is 2. The topological polar surface area (TPSA) is 100 Å². The van der Waals surface area contributed by atoms with E-state index >= 15 is 0 Å². The smallest absolute Gasteiger partial charge is 0.351 e.